The van der Waals surface area contributed by atoms with Gasteiger partial charge in [0.1, 0.15) is 43.0 Å². The first-order valence-electron chi connectivity index (χ1n) is 14.4. The van der Waals surface area contributed by atoms with E-state index >= 15 is 0 Å². The van der Waals surface area contributed by atoms with E-state index in [0.29, 0.717) is 41.6 Å². The molecular formula is C32H32O14. The minimum Gasteiger partial charge on any atom is -0.486 e. The Morgan fingerprint density at radius 2 is 1.43 bits per heavy atom. The van der Waals surface area contributed by atoms with Crippen LogP contribution in [0.3, 0.4) is 0 Å². The maximum atomic E-state index is 13.6. The Labute approximate surface area is 262 Å². The molecule has 5 atom stereocenters. The highest BCUT2D eigenvalue weighted by Gasteiger charge is 2.53. The van der Waals surface area contributed by atoms with Crippen LogP contribution < -0.4 is 19.6 Å². The van der Waals surface area contributed by atoms with Gasteiger partial charge in [-0.05, 0) is 36.8 Å². The molecule has 244 valence electrons. The number of carbonyl (C=O) groups excluding carboxylic acids is 4. The molecule has 3 heterocycles. The zero-order valence-electron chi connectivity index (χ0n) is 25.7. The molecule has 1 saturated heterocycles. The molecule has 0 saturated carbocycles. The standard InChI is InChI=1S/C32H32O14/c1-15-27(20-6-9-23-25(12-20)39-11-10-38-23)28(37)22-8-7-21(13-24(22)41-15)45-32-31(44-19(5)36)30(43-18(4)35)29(42-17(3)34)26(46-32)14-40-16(2)33/h6-9,12-13,26,29-32H,10-11,14H2,1-5H3/t26-,29-,30+,31+,32-/m0/s1. The van der Waals surface area contributed by atoms with Crippen molar-refractivity contribution in [3.05, 3.63) is 52.4 Å². The van der Waals surface area contributed by atoms with Crippen molar-refractivity contribution in [1.82, 2.24) is 0 Å². The summed E-state index contributed by atoms with van der Waals surface area (Å²) in [5.41, 5.74) is 0.828. The normalized spacial score (nSPS) is 22.0. The Morgan fingerprint density at radius 3 is 2.11 bits per heavy atom. The molecule has 14 nitrogen and oxygen atoms in total. The number of esters is 4. The summed E-state index contributed by atoms with van der Waals surface area (Å²) in [4.78, 5) is 61.4. The van der Waals surface area contributed by atoms with Crippen molar-refractivity contribution >= 4 is 34.8 Å². The highest BCUT2D eigenvalue weighted by Crippen LogP contribution is 2.36. The fourth-order valence-electron chi connectivity index (χ4n) is 5.31. The average molecular weight is 641 g/mol. The van der Waals surface area contributed by atoms with Gasteiger partial charge in [0.15, 0.2) is 23.7 Å². The highest BCUT2D eigenvalue weighted by atomic mass is 16.7. The molecule has 14 heteroatoms. The Kier molecular flexibility index (Phi) is 9.46. The van der Waals surface area contributed by atoms with E-state index in [4.69, 9.17) is 42.3 Å². The van der Waals surface area contributed by atoms with Crippen LogP contribution in [0.2, 0.25) is 0 Å². The Hall–Kier alpha value is -5.11. The summed E-state index contributed by atoms with van der Waals surface area (Å²) < 4.78 is 50.7. The summed E-state index contributed by atoms with van der Waals surface area (Å²) in [6, 6.07) is 9.64. The molecule has 0 amide bonds. The summed E-state index contributed by atoms with van der Waals surface area (Å²) in [6.07, 6.45) is -6.81. The molecule has 3 aromatic rings. The number of ether oxygens (including phenoxy) is 8. The number of fused-ring (bicyclic) bond motifs is 2. The molecule has 0 unspecified atom stereocenters. The van der Waals surface area contributed by atoms with Crippen molar-refractivity contribution in [2.45, 2.75) is 65.3 Å². The molecule has 0 bridgehead atoms. The fourth-order valence-corrected chi connectivity index (χ4v) is 5.31. The number of benzene rings is 2. The average Bonchev–Trinajstić information content (AvgIpc) is 2.98. The molecule has 0 radical (unpaired) electrons. The third kappa shape index (κ3) is 7.07. The molecule has 2 aromatic carbocycles. The SMILES string of the molecule is CC(=O)OC[C@@H]1O[C@H](Oc2ccc3c(=O)c(-c4ccc5c(c4)OCCO5)c(C)oc3c2)[C@H](OC(C)=O)[C@H](OC(C)=O)[C@H]1OC(C)=O. The molecule has 0 spiro atoms. The van der Waals surface area contributed by atoms with Crippen LogP contribution in [0.5, 0.6) is 17.2 Å². The first-order chi connectivity index (χ1) is 21.9. The van der Waals surface area contributed by atoms with Crippen molar-refractivity contribution in [3.8, 4) is 28.4 Å². The maximum Gasteiger partial charge on any atom is 0.303 e. The number of hydrogen-bond donors (Lipinski definition) is 0. The molecule has 46 heavy (non-hydrogen) atoms. The van der Waals surface area contributed by atoms with Crippen LogP contribution in [0, 0.1) is 6.92 Å². The van der Waals surface area contributed by atoms with Gasteiger partial charge in [-0.2, -0.15) is 0 Å². The molecule has 0 aliphatic carbocycles. The lowest BCUT2D eigenvalue weighted by Gasteiger charge is -2.43. The van der Waals surface area contributed by atoms with Crippen molar-refractivity contribution in [2.75, 3.05) is 19.8 Å². The largest absolute Gasteiger partial charge is 0.486 e. The highest BCUT2D eigenvalue weighted by molar-refractivity contribution is 5.84. The quantitative estimate of drug-likeness (QED) is 0.260. The lowest BCUT2D eigenvalue weighted by Crippen LogP contribution is -2.63. The van der Waals surface area contributed by atoms with Gasteiger partial charge in [-0.25, -0.2) is 0 Å². The second-order valence-corrected chi connectivity index (χ2v) is 10.6. The number of rotatable bonds is 8. The van der Waals surface area contributed by atoms with Crippen LogP contribution in [0.1, 0.15) is 33.5 Å². The van der Waals surface area contributed by atoms with E-state index in [1.54, 1.807) is 25.1 Å². The minimum atomic E-state index is -1.46. The van der Waals surface area contributed by atoms with Gasteiger partial charge in [-0.3, -0.25) is 24.0 Å². The molecule has 1 fully saturated rings. The van der Waals surface area contributed by atoms with Gasteiger partial charge in [0.2, 0.25) is 17.8 Å². The van der Waals surface area contributed by atoms with Crippen molar-refractivity contribution in [2.24, 2.45) is 0 Å². The van der Waals surface area contributed by atoms with E-state index in [2.05, 4.69) is 0 Å². The minimum absolute atomic E-state index is 0.128. The zero-order valence-corrected chi connectivity index (χ0v) is 25.7. The Bertz CT molecular complexity index is 1730. The summed E-state index contributed by atoms with van der Waals surface area (Å²) in [7, 11) is 0. The summed E-state index contributed by atoms with van der Waals surface area (Å²) in [5, 5.41) is 0.254. The van der Waals surface area contributed by atoms with Crippen LogP contribution in [0.4, 0.5) is 0 Å². The summed E-state index contributed by atoms with van der Waals surface area (Å²) in [5.74, 6) is -1.38. The lowest BCUT2D eigenvalue weighted by atomic mass is 9.98. The van der Waals surface area contributed by atoms with Crippen LogP contribution in [0.15, 0.2) is 45.6 Å². The van der Waals surface area contributed by atoms with E-state index in [1.165, 1.54) is 25.1 Å². The topological polar surface area (TPSA) is 172 Å². The number of aryl methyl sites for hydroxylation is 1. The Balaban J connectivity index is 1.50. The molecular weight excluding hydrogens is 608 g/mol. The lowest BCUT2D eigenvalue weighted by molar-refractivity contribution is -0.288. The maximum absolute atomic E-state index is 13.6. The predicted octanol–water partition coefficient (Wildman–Crippen LogP) is 3.00. The molecule has 2 aliphatic rings. The van der Waals surface area contributed by atoms with Gasteiger partial charge in [-0.15, -0.1) is 0 Å². The zero-order chi connectivity index (χ0) is 33.1. The molecule has 5 rings (SSSR count). The smallest absolute Gasteiger partial charge is 0.303 e. The summed E-state index contributed by atoms with van der Waals surface area (Å²) in [6.45, 7) is 6.62. The van der Waals surface area contributed by atoms with Gasteiger partial charge < -0.3 is 42.3 Å². The summed E-state index contributed by atoms with van der Waals surface area (Å²) >= 11 is 0. The number of carbonyl (C=O) groups is 4. The van der Waals surface area contributed by atoms with Crippen molar-refractivity contribution in [3.63, 3.8) is 0 Å². The third-order valence-corrected chi connectivity index (χ3v) is 7.07. The molecule has 2 aliphatic heterocycles. The van der Waals surface area contributed by atoms with Gasteiger partial charge in [0.05, 0.1) is 10.9 Å². The van der Waals surface area contributed by atoms with E-state index in [1.807, 2.05) is 0 Å². The van der Waals surface area contributed by atoms with Crippen LogP contribution in [-0.2, 0) is 42.9 Å². The monoisotopic (exact) mass is 640 g/mol. The van der Waals surface area contributed by atoms with Crippen molar-refractivity contribution < 1.29 is 61.5 Å². The molecule has 1 aromatic heterocycles. The van der Waals surface area contributed by atoms with Crippen LogP contribution in [0.25, 0.3) is 22.1 Å². The van der Waals surface area contributed by atoms with Crippen LogP contribution >= 0.6 is 0 Å². The molecule has 0 N–H and O–H groups in total. The first kappa shape index (κ1) is 32.3. The second kappa shape index (κ2) is 13.5. The van der Waals surface area contributed by atoms with E-state index in [0.717, 1.165) is 20.8 Å². The van der Waals surface area contributed by atoms with E-state index < -0.39 is 61.2 Å². The van der Waals surface area contributed by atoms with Gasteiger partial charge >= 0.3 is 23.9 Å². The van der Waals surface area contributed by atoms with E-state index in [9.17, 15) is 24.0 Å². The van der Waals surface area contributed by atoms with E-state index in [-0.39, 0.29) is 22.1 Å². The predicted molar refractivity (Wildman–Crippen MR) is 156 cm³/mol. The third-order valence-electron chi connectivity index (χ3n) is 7.07. The van der Waals surface area contributed by atoms with Gasteiger partial charge in [-0.1, -0.05) is 6.07 Å². The number of hydrogen-bond acceptors (Lipinski definition) is 14. The van der Waals surface area contributed by atoms with Crippen LogP contribution in [-0.4, -0.2) is 74.4 Å². The second-order valence-electron chi connectivity index (χ2n) is 10.6. The fraction of sp³-hybridized carbons (Fsp3) is 0.406. The Morgan fingerprint density at radius 1 is 0.783 bits per heavy atom. The van der Waals surface area contributed by atoms with Gasteiger partial charge in [0, 0.05) is 33.8 Å². The first-order valence-corrected chi connectivity index (χ1v) is 14.4. The van der Waals surface area contributed by atoms with Crippen molar-refractivity contribution in [1.29, 1.82) is 0 Å². The van der Waals surface area contributed by atoms with Gasteiger partial charge in [0.25, 0.3) is 0 Å².